The summed E-state index contributed by atoms with van der Waals surface area (Å²) >= 11 is 0. The minimum absolute atomic E-state index is 0.0765. The van der Waals surface area contributed by atoms with Crippen LogP contribution in [0.1, 0.15) is 36.2 Å². The van der Waals surface area contributed by atoms with Gasteiger partial charge in [0, 0.05) is 25.3 Å². The SMILES string of the molecule is Nc1cc(C(=O)N(CCCO)C2CCC2)[nH]n1. The molecule has 0 saturated heterocycles. The molecule has 17 heavy (non-hydrogen) atoms. The first-order valence-electron chi connectivity index (χ1n) is 5.95. The zero-order valence-electron chi connectivity index (χ0n) is 9.72. The molecule has 1 aromatic heterocycles. The molecule has 4 N–H and O–H groups in total. The van der Waals surface area contributed by atoms with Gasteiger partial charge in [-0.15, -0.1) is 0 Å². The van der Waals surface area contributed by atoms with Crippen molar-refractivity contribution < 1.29 is 9.90 Å². The molecule has 1 aliphatic rings. The van der Waals surface area contributed by atoms with Gasteiger partial charge in [0.2, 0.25) is 0 Å². The van der Waals surface area contributed by atoms with E-state index in [-0.39, 0.29) is 12.5 Å². The molecule has 1 saturated carbocycles. The Morgan fingerprint density at radius 3 is 2.88 bits per heavy atom. The highest BCUT2D eigenvalue weighted by atomic mass is 16.3. The summed E-state index contributed by atoms with van der Waals surface area (Å²) in [6.07, 6.45) is 3.85. The Kier molecular flexibility index (Phi) is 3.63. The smallest absolute Gasteiger partial charge is 0.272 e. The Labute approximate surface area is 99.8 Å². The number of hydrogen-bond acceptors (Lipinski definition) is 4. The van der Waals surface area contributed by atoms with Crippen molar-refractivity contribution in [2.45, 2.75) is 31.7 Å². The first-order chi connectivity index (χ1) is 8.22. The summed E-state index contributed by atoms with van der Waals surface area (Å²) in [6, 6.07) is 1.85. The number of aromatic amines is 1. The molecule has 0 spiro atoms. The van der Waals surface area contributed by atoms with Gasteiger partial charge in [-0.3, -0.25) is 9.89 Å². The number of nitrogen functional groups attached to an aromatic ring is 1. The largest absolute Gasteiger partial charge is 0.396 e. The molecule has 0 atom stereocenters. The number of carbonyl (C=O) groups is 1. The van der Waals surface area contributed by atoms with Crippen molar-refractivity contribution >= 4 is 11.7 Å². The molecule has 1 amide bonds. The number of H-pyrrole nitrogens is 1. The minimum Gasteiger partial charge on any atom is -0.396 e. The third-order valence-electron chi connectivity index (χ3n) is 3.16. The monoisotopic (exact) mass is 238 g/mol. The van der Waals surface area contributed by atoms with Crippen LogP contribution in [-0.2, 0) is 0 Å². The fourth-order valence-electron chi connectivity index (χ4n) is 1.99. The zero-order chi connectivity index (χ0) is 12.3. The molecule has 1 fully saturated rings. The fourth-order valence-corrected chi connectivity index (χ4v) is 1.99. The lowest BCUT2D eigenvalue weighted by Crippen LogP contribution is -2.45. The number of hydrogen-bond donors (Lipinski definition) is 3. The van der Waals surface area contributed by atoms with Crippen LogP contribution in [0.5, 0.6) is 0 Å². The number of aliphatic hydroxyl groups excluding tert-OH is 1. The number of anilines is 1. The van der Waals surface area contributed by atoms with E-state index in [1.165, 1.54) is 6.42 Å². The summed E-state index contributed by atoms with van der Waals surface area (Å²) in [4.78, 5) is 14.0. The molecular formula is C11H18N4O2. The first-order valence-corrected chi connectivity index (χ1v) is 5.95. The average Bonchev–Trinajstić information content (AvgIpc) is 2.67. The van der Waals surface area contributed by atoms with E-state index in [2.05, 4.69) is 10.2 Å². The second kappa shape index (κ2) is 5.18. The van der Waals surface area contributed by atoms with Crippen LogP contribution in [-0.4, -0.2) is 45.3 Å². The van der Waals surface area contributed by atoms with Gasteiger partial charge in [-0.1, -0.05) is 0 Å². The zero-order valence-corrected chi connectivity index (χ0v) is 9.72. The first kappa shape index (κ1) is 11.9. The third kappa shape index (κ3) is 2.58. The Bertz CT molecular complexity index is 387. The lowest BCUT2D eigenvalue weighted by atomic mass is 9.91. The maximum absolute atomic E-state index is 12.2. The molecule has 0 aliphatic heterocycles. The lowest BCUT2D eigenvalue weighted by Gasteiger charge is -2.37. The van der Waals surface area contributed by atoms with E-state index in [9.17, 15) is 4.79 Å². The predicted octanol–water partition coefficient (Wildman–Crippen LogP) is 0.369. The van der Waals surface area contributed by atoms with Crippen molar-refractivity contribution in [1.29, 1.82) is 0 Å². The van der Waals surface area contributed by atoms with Crippen LogP contribution in [0.3, 0.4) is 0 Å². The maximum atomic E-state index is 12.2. The van der Waals surface area contributed by atoms with Crippen molar-refractivity contribution in [3.05, 3.63) is 11.8 Å². The van der Waals surface area contributed by atoms with Gasteiger partial charge in [0.1, 0.15) is 11.5 Å². The van der Waals surface area contributed by atoms with Crippen molar-refractivity contribution in [3.63, 3.8) is 0 Å². The highest BCUT2D eigenvalue weighted by Gasteiger charge is 2.29. The fraction of sp³-hybridized carbons (Fsp3) is 0.636. The minimum atomic E-state index is -0.0765. The van der Waals surface area contributed by atoms with Gasteiger partial charge in [-0.2, -0.15) is 5.10 Å². The lowest BCUT2D eigenvalue weighted by molar-refractivity contribution is 0.0556. The van der Waals surface area contributed by atoms with Crippen molar-refractivity contribution in [1.82, 2.24) is 15.1 Å². The van der Waals surface area contributed by atoms with Crippen LogP contribution in [0.15, 0.2) is 6.07 Å². The van der Waals surface area contributed by atoms with Crippen LogP contribution in [0.4, 0.5) is 5.82 Å². The van der Waals surface area contributed by atoms with E-state index in [4.69, 9.17) is 10.8 Å². The van der Waals surface area contributed by atoms with Crippen LogP contribution in [0.25, 0.3) is 0 Å². The van der Waals surface area contributed by atoms with E-state index in [0.717, 1.165) is 12.8 Å². The molecule has 0 aromatic carbocycles. The summed E-state index contributed by atoms with van der Waals surface area (Å²) in [5.41, 5.74) is 5.91. The number of amides is 1. The summed E-state index contributed by atoms with van der Waals surface area (Å²) in [5.74, 6) is 0.247. The molecule has 0 radical (unpaired) electrons. The van der Waals surface area contributed by atoms with Crippen LogP contribution in [0.2, 0.25) is 0 Å². The number of rotatable bonds is 5. The molecule has 1 aromatic rings. The molecule has 1 aliphatic carbocycles. The number of aliphatic hydroxyl groups is 1. The molecule has 2 rings (SSSR count). The summed E-state index contributed by atoms with van der Waals surface area (Å²) in [7, 11) is 0. The van der Waals surface area contributed by atoms with Crippen molar-refractivity contribution in [2.24, 2.45) is 0 Å². The van der Waals surface area contributed by atoms with Crippen molar-refractivity contribution in [2.75, 3.05) is 18.9 Å². The van der Waals surface area contributed by atoms with Crippen LogP contribution in [0, 0.1) is 0 Å². The van der Waals surface area contributed by atoms with Gasteiger partial charge in [0.25, 0.3) is 5.91 Å². The van der Waals surface area contributed by atoms with Gasteiger partial charge in [0.15, 0.2) is 0 Å². The highest BCUT2D eigenvalue weighted by Crippen LogP contribution is 2.26. The number of nitrogens with zero attached hydrogens (tertiary/aromatic N) is 2. The van der Waals surface area contributed by atoms with Gasteiger partial charge >= 0.3 is 0 Å². The van der Waals surface area contributed by atoms with Gasteiger partial charge in [-0.05, 0) is 25.7 Å². The van der Waals surface area contributed by atoms with Crippen LogP contribution >= 0.6 is 0 Å². The predicted molar refractivity (Wildman–Crippen MR) is 63.4 cm³/mol. The normalized spacial score (nSPS) is 15.6. The molecule has 0 bridgehead atoms. The van der Waals surface area contributed by atoms with E-state index in [1.54, 1.807) is 6.07 Å². The average molecular weight is 238 g/mol. The topological polar surface area (TPSA) is 95.2 Å². The number of carbonyl (C=O) groups excluding carboxylic acids is 1. The number of nitrogens with two attached hydrogens (primary N) is 1. The number of nitrogens with one attached hydrogen (secondary N) is 1. The molecule has 1 heterocycles. The van der Waals surface area contributed by atoms with Crippen molar-refractivity contribution in [3.8, 4) is 0 Å². The summed E-state index contributed by atoms with van der Waals surface area (Å²) in [6.45, 7) is 0.681. The molecule has 0 unspecified atom stereocenters. The van der Waals surface area contributed by atoms with E-state index in [0.29, 0.717) is 30.5 Å². The van der Waals surface area contributed by atoms with E-state index in [1.807, 2.05) is 4.90 Å². The standard InChI is InChI=1S/C11H18N4O2/c12-10-7-9(13-14-10)11(17)15(5-2-6-16)8-3-1-4-8/h7-8,16H,1-6H2,(H3,12,13,14). The van der Waals surface area contributed by atoms with Crippen LogP contribution < -0.4 is 5.73 Å². The Balaban J connectivity index is 2.06. The van der Waals surface area contributed by atoms with E-state index >= 15 is 0 Å². The Morgan fingerprint density at radius 1 is 1.65 bits per heavy atom. The quantitative estimate of drug-likeness (QED) is 0.690. The second-order valence-corrected chi connectivity index (χ2v) is 4.37. The molecular weight excluding hydrogens is 220 g/mol. The van der Waals surface area contributed by atoms with Gasteiger partial charge in [0.05, 0.1) is 0 Å². The summed E-state index contributed by atoms with van der Waals surface area (Å²) < 4.78 is 0. The highest BCUT2D eigenvalue weighted by molar-refractivity contribution is 5.93. The maximum Gasteiger partial charge on any atom is 0.272 e. The Hall–Kier alpha value is -1.56. The van der Waals surface area contributed by atoms with Gasteiger partial charge in [-0.25, -0.2) is 0 Å². The molecule has 6 heteroatoms. The second-order valence-electron chi connectivity index (χ2n) is 4.37. The van der Waals surface area contributed by atoms with Gasteiger partial charge < -0.3 is 15.7 Å². The van der Waals surface area contributed by atoms with E-state index < -0.39 is 0 Å². The molecule has 94 valence electrons. The number of aromatic nitrogens is 2. The summed E-state index contributed by atoms with van der Waals surface area (Å²) in [5, 5.41) is 15.3. The molecule has 6 nitrogen and oxygen atoms in total. The Morgan fingerprint density at radius 2 is 2.41 bits per heavy atom. The third-order valence-corrected chi connectivity index (χ3v) is 3.16.